The molecular weight excluding hydrogens is 515 g/mol. The molecule has 2 saturated heterocycles. The van der Waals surface area contributed by atoms with Gasteiger partial charge >= 0.3 is 6.03 Å². The van der Waals surface area contributed by atoms with Gasteiger partial charge in [0.15, 0.2) is 12.6 Å². The highest BCUT2D eigenvalue weighted by molar-refractivity contribution is 6.06. The van der Waals surface area contributed by atoms with E-state index in [0.717, 1.165) is 11.1 Å². The number of fused-ring (bicyclic) bond motifs is 1. The van der Waals surface area contributed by atoms with E-state index in [1.807, 2.05) is 26.0 Å². The highest BCUT2D eigenvalue weighted by Crippen LogP contribution is 2.48. The zero-order valence-corrected chi connectivity index (χ0v) is 22.4. The molecule has 2 aromatic carbocycles. The minimum atomic E-state index is -1.42. The summed E-state index contributed by atoms with van der Waals surface area (Å²) in [7, 11) is 0. The van der Waals surface area contributed by atoms with E-state index in [1.54, 1.807) is 18.2 Å². The summed E-state index contributed by atoms with van der Waals surface area (Å²) in [5.41, 5.74) is 3.80. The quantitative estimate of drug-likeness (QED) is 0.450. The number of aliphatic imine (C=N–C) groups is 1. The molecule has 1 aromatic heterocycles. The number of rotatable bonds is 5. The number of halogens is 1. The molecule has 3 amide bonds. The van der Waals surface area contributed by atoms with Gasteiger partial charge in [-0.25, -0.2) is 19.7 Å². The predicted molar refractivity (Wildman–Crippen MR) is 147 cm³/mol. The van der Waals surface area contributed by atoms with E-state index < -0.39 is 22.9 Å². The van der Waals surface area contributed by atoms with Crippen molar-refractivity contribution in [3.05, 3.63) is 71.2 Å². The number of aromatic nitrogens is 1. The summed E-state index contributed by atoms with van der Waals surface area (Å²) in [5.74, 6) is -0.194. The van der Waals surface area contributed by atoms with Gasteiger partial charge in [0.25, 0.3) is 0 Å². The number of urea groups is 1. The van der Waals surface area contributed by atoms with Gasteiger partial charge in [0.05, 0.1) is 23.0 Å². The molecule has 3 aliphatic heterocycles. The van der Waals surface area contributed by atoms with E-state index in [9.17, 15) is 14.7 Å². The van der Waals surface area contributed by atoms with Crippen LogP contribution in [0, 0.1) is 11.2 Å². The molecule has 40 heavy (non-hydrogen) atoms. The Labute approximate surface area is 230 Å². The van der Waals surface area contributed by atoms with Crippen LogP contribution in [0.25, 0.3) is 10.9 Å². The molecular formula is C29H31FN6O4. The summed E-state index contributed by atoms with van der Waals surface area (Å²) in [6.07, 6.45) is 1.99. The van der Waals surface area contributed by atoms with Crippen LogP contribution >= 0.6 is 0 Å². The van der Waals surface area contributed by atoms with Gasteiger partial charge in [0, 0.05) is 54.5 Å². The molecule has 3 aliphatic rings. The first-order valence-corrected chi connectivity index (χ1v) is 13.3. The number of amidine groups is 1. The zero-order valence-electron chi connectivity index (χ0n) is 22.4. The number of imide groups is 1. The number of anilines is 1. The third-order valence-electron chi connectivity index (χ3n) is 8.19. The van der Waals surface area contributed by atoms with Crippen LogP contribution in [0.1, 0.15) is 43.4 Å². The van der Waals surface area contributed by atoms with Gasteiger partial charge in [-0.1, -0.05) is 38.1 Å². The van der Waals surface area contributed by atoms with E-state index in [0.29, 0.717) is 43.1 Å². The van der Waals surface area contributed by atoms with Crippen LogP contribution in [-0.2, 0) is 21.8 Å². The van der Waals surface area contributed by atoms with Crippen LogP contribution in [0.15, 0.2) is 53.7 Å². The number of benzene rings is 2. The average molecular weight is 547 g/mol. The van der Waals surface area contributed by atoms with Crippen molar-refractivity contribution < 1.29 is 23.9 Å². The Morgan fingerprint density at radius 3 is 2.75 bits per heavy atom. The molecule has 10 nitrogen and oxygen atoms in total. The molecule has 0 spiro atoms. The Balaban J connectivity index is 1.25. The fraction of sp³-hybridized carbons (Fsp3) is 0.379. The molecule has 11 heteroatoms. The number of aliphatic hydroxyl groups is 1. The molecule has 4 heterocycles. The van der Waals surface area contributed by atoms with Crippen molar-refractivity contribution >= 4 is 34.4 Å². The molecule has 0 radical (unpaired) electrons. The normalized spacial score (nSPS) is 23.2. The third kappa shape index (κ3) is 4.59. The van der Waals surface area contributed by atoms with Gasteiger partial charge in [0.2, 0.25) is 5.91 Å². The van der Waals surface area contributed by atoms with E-state index >= 15 is 4.39 Å². The lowest BCUT2D eigenvalue weighted by atomic mass is 9.66. The Hall–Kier alpha value is -3.93. The van der Waals surface area contributed by atoms with Crippen LogP contribution in [0.5, 0.6) is 0 Å². The fourth-order valence-electron chi connectivity index (χ4n) is 5.95. The molecule has 2 fully saturated rings. The van der Waals surface area contributed by atoms with E-state index in [1.165, 1.54) is 11.1 Å². The zero-order chi connectivity index (χ0) is 28.1. The van der Waals surface area contributed by atoms with E-state index in [2.05, 4.69) is 37.8 Å². The van der Waals surface area contributed by atoms with Crippen molar-refractivity contribution in [2.45, 2.75) is 38.8 Å². The van der Waals surface area contributed by atoms with E-state index in [4.69, 9.17) is 4.84 Å². The minimum Gasteiger partial charge on any atom is -0.384 e. The monoisotopic (exact) mass is 546 g/mol. The van der Waals surface area contributed by atoms with Crippen LogP contribution in [0.3, 0.4) is 0 Å². The number of carbonyl (C=O) groups is 2. The summed E-state index contributed by atoms with van der Waals surface area (Å²) in [5, 5.41) is 14.5. The second-order valence-corrected chi connectivity index (χ2v) is 11.2. The van der Waals surface area contributed by atoms with Crippen molar-refractivity contribution in [2.24, 2.45) is 10.4 Å². The van der Waals surface area contributed by atoms with Crippen molar-refractivity contribution in [3.8, 4) is 0 Å². The molecule has 208 valence electrons. The average Bonchev–Trinajstić information content (AvgIpc) is 3.46. The van der Waals surface area contributed by atoms with Crippen LogP contribution in [-0.4, -0.2) is 59.1 Å². The molecule has 0 saturated carbocycles. The smallest absolute Gasteiger partial charge is 0.328 e. The first-order chi connectivity index (χ1) is 19.1. The standard InChI is InChI=1S/C29H31FN6O4/c1-28(2)16-35(15-18-4-3-5-19(12-18)26-32-17-40-34-26)11-9-29(28,39)22-6-7-23-21(25(22)30)13-20(14-31-23)36-10-8-24(37)33-27(36)38/h3-7,12-14,39H,8-11,15-17H2,1-2H3,(H,32,34)(H,33,37,38). The van der Waals surface area contributed by atoms with Crippen molar-refractivity contribution in [3.63, 3.8) is 0 Å². The number of hydroxylamine groups is 1. The van der Waals surface area contributed by atoms with Gasteiger partial charge in [-0.05, 0) is 30.2 Å². The van der Waals surface area contributed by atoms with Crippen molar-refractivity contribution in [1.82, 2.24) is 20.7 Å². The molecule has 1 unspecified atom stereocenters. The van der Waals surface area contributed by atoms with Gasteiger partial charge in [-0.3, -0.25) is 29.7 Å². The second kappa shape index (κ2) is 9.92. The highest BCUT2D eigenvalue weighted by Gasteiger charge is 2.50. The maximum atomic E-state index is 16.2. The largest absolute Gasteiger partial charge is 0.384 e. The minimum absolute atomic E-state index is 0.154. The van der Waals surface area contributed by atoms with Crippen LogP contribution in [0.4, 0.5) is 14.9 Å². The number of likely N-dealkylation sites (tertiary alicyclic amines) is 1. The Kier molecular flexibility index (Phi) is 6.52. The van der Waals surface area contributed by atoms with Crippen molar-refractivity contribution in [1.29, 1.82) is 0 Å². The Morgan fingerprint density at radius 1 is 1.15 bits per heavy atom. The number of carbonyl (C=O) groups excluding carboxylic acids is 2. The lowest BCUT2D eigenvalue weighted by Crippen LogP contribution is -2.55. The van der Waals surface area contributed by atoms with Gasteiger partial charge in [-0.2, -0.15) is 0 Å². The number of pyridine rings is 1. The Morgan fingerprint density at radius 2 is 2.00 bits per heavy atom. The Bertz CT molecular complexity index is 1540. The van der Waals surface area contributed by atoms with Crippen molar-refractivity contribution in [2.75, 3.05) is 31.3 Å². The summed E-state index contributed by atoms with van der Waals surface area (Å²) in [6, 6.07) is 12.4. The highest BCUT2D eigenvalue weighted by atomic mass is 19.1. The maximum Gasteiger partial charge on any atom is 0.328 e. The second-order valence-electron chi connectivity index (χ2n) is 11.2. The maximum absolute atomic E-state index is 16.2. The van der Waals surface area contributed by atoms with Gasteiger partial charge in [0.1, 0.15) is 5.82 Å². The number of hydrogen-bond donors (Lipinski definition) is 3. The molecule has 0 aliphatic carbocycles. The summed E-state index contributed by atoms with van der Waals surface area (Å²) >= 11 is 0. The topological polar surface area (TPSA) is 119 Å². The molecule has 0 bridgehead atoms. The molecule has 6 rings (SSSR count). The number of amides is 3. The third-order valence-corrected chi connectivity index (χ3v) is 8.19. The van der Waals surface area contributed by atoms with Gasteiger partial charge in [-0.15, -0.1) is 0 Å². The van der Waals surface area contributed by atoms with Crippen LogP contribution in [0.2, 0.25) is 0 Å². The number of piperidine rings is 1. The lowest BCUT2D eigenvalue weighted by Gasteiger charge is -2.50. The summed E-state index contributed by atoms with van der Waals surface area (Å²) in [6.45, 7) is 6.19. The van der Waals surface area contributed by atoms with Gasteiger partial charge < -0.3 is 5.11 Å². The number of nitrogens with zero attached hydrogens (tertiary/aromatic N) is 4. The summed E-state index contributed by atoms with van der Waals surface area (Å²) < 4.78 is 16.2. The number of nitrogens with one attached hydrogen (secondary N) is 2. The molecule has 3 aromatic rings. The fourth-order valence-corrected chi connectivity index (χ4v) is 5.95. The first kappa shape index (κ1) is 26.3. The first-order valence-electron chi connectivity index (χ1n) is 13.3. The molecule has 3 N–H and O–H groups in total. The molecule has 1 atom stereocenters. The van der Waals surface area contributed by atoms with E-state index in [-0.39, 0.29) is 36.6 Å². The lowest BCUT2D eigenvalue weighted by molar-refractivity contribution is -0.128. The number of hydrogen-bond acceptors (Lipinski definition) is 8. The van der Waals surface area contributed by atoms with Crippen LogP contribution < -0.4 is 15.7 Å². The summed E-state index contributed by atoms with van der Waals surface area (Å²) in [4.78, 5) is 41.3. The SMILES string of the molecule is CC1(C)CN(Cc2cccc(C3=NCON3)c2)CCC1(O)c1ccc2ncc(N3CCC(=O)NC3=O)cc2c1F. The predicted octanol–water partition coefficient (Wildman–Crippen LogP) is 3.18.